The smallest absolute Gasteiger partial charge is 0.326 e. The molecule has 0 spiro atoms. The van der Waals surface area contributed by atoms with Gasteiger partial charge in [0.1, 0.15) is 12.1 Å². The molecule has 1 aromatic carbocycles. The van der Waals surface area contributed by atoms with Gasteiger partial charge < -0.3 is 15.4 Å². The predicted molar refractivity (Wildman–Crippen MR) is 93.2 cm³/mol. The summed E-state index contributed by atoms with van der Waals surface area (Å²) in [6, 6.07) is 6.37. The average Bonchev–Trinajstić information content (AvgIpc) is 2.83. The molecular weight excluding hydrogens is 362 g/mol. The molecule has 1 aliphatic heterocycles. The number of amides is 4. The monoisotopic (exact) mass is 381 g/mol. The molecule has 140 valence electrons. The van der Waals surface area contributed by atoms with Crippen LogP contribution in [0.25, 0.3) is 0 Å². The summed E-state index contributed by atoms with van der Waals surface area (Å²) in [5.41, 5.74) is -0.295. The van der Waals surface area contributed by atoms with Gasteiger partial charge in [0.2, 0.25) is 0 Å². The number of rotatable bonds is 7. The molecule has 0 unspecified atom stereocenters. The number of halogens is 1. The van der Waals surface area contributed by atoms with Gasteiger partial charge in [-0.05, 0) is 25.0 Å². The molecular formula is C17H20ClN3O5. The second kappa shape index (κ2) is 8.18. The predicted octanol–water partition coefficient (Wildman–Crippen LogP) is 1.22. The van der Waals surface area contributed by atoms with Crippen LogP contribution in [-0.2, 0) is 25.7 Å². The minimum atomic E-state index is -1.02. The van der Waals surface area contributed by atoms with E-state index in [0.29, 0.717) is 11.4 Å². The summed E-state index contributed by atoms with van der Waals surface area (Å²) in [6.07, 6.45) is 0.396. The number of carbonyl (C=O) groups is 4. The Bertz CT molecular complexity index is 739. The van der Waals surface area contributed by atoms with Gasteiger partial charge in [0.15, 0.2) is 6.61 Å². The van der Waals surface area contributed by atoms with Crippen LogP contribution >= 0.6 is 11.6 Å². The molecule has 0 bridgehead atoms. The number of imide groups is 1. The van der Waals surface area contributed by atoms with E-state index >= 15 is 0 Å². The van der Waals surface area contributed by atoms with Crippen molar-refractivity contribution >= 4 is 35.4 Å². The van der Waals surface area contributed by atoms with Crippen molar-refractivity contribution in [1.82, 2.24) is 15.5 Å². The van der Waals surface area contributed by atoms with E-state index in [1.165, 1.54) is 0 Å². The third-order valence-electron chi connectivity index (χ3n) is 4.14. The summed E-state index contributed by atoms with van der Waals surface area (Å²) in [5, 5.41) is 5.62. The summed E-state index contributed by atoms with van der Waals surface area (Å²) < 4.78 is 4.83. The van der Waals surface area contributed by atoms with Crippen LogP contribution in [-0.4, -0.2) is 47.4 Å². The largest absolute Gasteiger partial charge is 0.454 e. The van der Waals surface area contributed by atoms with E-state index in [1.807, 2.05) is 0 Å². The highest BCUT2D eigenvalue weighted by molar-refractivity contribution is 6.31. The standard InChI is InChI=1S/C17H20ClN3O5/c1-3-17(2)15(24)21(16(25)20-17)9-14(23)26-10-13(22)19-8-11-6-4-5-7-12(11)18/h4-7H,3,8-10H2,1-2H3,(H,19,22)(H,20,25)/t17-/m0/s1. The van der Waals surface area contributed by atoms with E-state index in [-0.39, 0.29) is 6.54 Å². The van der Waals surface area contributed by atoms with Gasteiger partial charge in [0.05, 0.1) is 0 Å². The highest BCUT2D eigenvalue weighted by Crippen LogP contribution is 2.20. The van der Waals surface area contributed by atoms with Gasteiger partial charge in [-0.25, -0.2) is 4.79 Å². The number of ether oxygens (including phenoxy) is 1. The number of hydrogen-bond donors (Lipinski definition) is 2. The van der Waals surface area contributed by atoms with Crippen LogP contribution < -0.4 is 10.6 Å². The molecule has 1 heterocycles. The lowest BCUT2D eigenvalue weighted by Gasteiger charge is -2.18. The van der Waals surface area contributed by atoms with E-state index in [2.05, 4.69) is 10.6 Å². The molecule has 1 fully saturated rings. The van der Waals surface area contributed by atoms with Gasteiger partial charge in [-0.15, -0.1) is 0 Å². The minimum absolute atomic E-state index is 0.192. The van der Waals surface area contributed by atoms with Crippen molar-refractivity contribution in [3.05, 3.63) is 34.9 Å². The molecule has 1 aliphatic rings. The Morgan fingerprint density at radius 2 is 2.00 bits per heavy atom. The first-order valence-corrected chi connectivity index (χ1v) is 8.44. The third kappa shape index (κ3) is 4.51. The van der Waals surface area contributed by atoms with Crippen LogP contribution in [0.1, 0.15) is 25.8 Å². The Labute approximate surface area is 155 Å². The highest BCUT2D eigenvalue weighted by atomic mass is 35.5. The molecule has 2 N–H and O–H groups in total. The number of esters is 1. The molecule has 1 aromatic rings. The molecule has 0 radical (unpaired) electrons. The fourth-order valence-corrected chi connectivity index (χ4v) is 2.54. The Balaban J connectivity index is 1.78. The summed E-state index contributed by atoms with van der Waals surface area (Å²) in [5.74, 6) is -1.86. The number of nitrogens with zero attached hydrogens (tertiary/aromatic N) is 1. The maximum atomic E-state index is 12.2. The van der Waals surface area contributed by atoms with Crippen LogP contribution in [0.5, 0.6) is 0 Å². The molecule has 26 heavy (non-hydrogen) atoms. The average molecular weight is 382 g/mol. The van der Waals surface area contributed by atoms with Crippen molar-refractivity contribution < 1.29 is 23.9 Å². The third-order valence-corrected chi connectivity index (χ3v) is 4.51. The molecule has 2 rings (SSSR count). The van der Waals surface area contributed by atoms with Crippen LogP contribution in [0.4, 0.5) is 4.79 Å². The van der Waals surface area contributed by atoms with Gasteiger partial charge in [0, 0.05) is 11.6 Å². The zero-order valence-electron chi connectivity index (χ0n) is 14.5. The normalized spacial score (nSPS) is 19.3. The second-order valence-corrected chi connectivity index (χ2v) is 6.44. The van der Waals surface area contributed by atoms with Crippen LogP contribution in [0.2, 0.25) is 5.02 Å². The fourth-order valence-electron chi connectivity index (χ4n) is 2.34. The van der Waals surface area contributed by atoms with E-state index < -0.39 is 42.5 Å². The molecule has 4 amide bonds. The topological polar surface area (TPSA) is 105 Å². The van der Waals surface area contributed by atoms with E-state index in [1.54, 1.807) is 38.1 Å². The second-order valence-electron chi connectivity index (χ2n) is 6.04. The highest BCUT2D eigenvalue weighted by Gasteiger charge is 2.47. The molecule has 0 aromatic heterocycles. The van der Waals surface area contributed by atoms with Crippen LogP contribution in [0.3, 0.4) is 0 Å². The SMILES string of the molecule is CC[C@]1(C)NC(=O)N(CC(=O)OCC(=O)NCc2ccccc2Cl)C1=O. The van der Waals surface area contributed by atoms with Crippen molar-refractivity contribution in [1.29, 1.82) is 0 Å². The Hall–Kier alpha value is -2.61. The lowest BCUT2D eigenvalue weighted by Crippen LogP contribution is -2.43. The summed E-state index contributed by atoms with van der Waals surface area (Å²) in [4.78, 5) is 48.4. The lowest BCUT2D eigenvalue weighted by molar-refractivity contribution is -0.151. The summed E-state index contributed by atoms with van der Waals surface area (Å²) in [6.45, 7) is 2.47. The molecule has 0 aliphatic carbocycles. The molecule has 9 heteroatoms. The number of nitrogens with one attached hydrogen (secondary N) is 2. The quantitative estimate of drug-likeness (QED) is 0.545. The summed E-state index contributed by atoms with van der Waals surface area (Å²) >= 11 is 5.98. The first-order chi connectivity index (χ1) is 12.3. The van der Waals surface area contributed by atoms with E-state index in [0.717, 1.165) is 10.5 Å². The van der Waals surface area contributed by atoms with Crippen molar-refractivity contribution in [2.24, 2.45) is 0 Å². The lowest BCUT2D eigenvalue weighted by atomic mass is 9.99. The van der Waals surface area contributed by atoms with Gasteiger partial charge in [0.25, 0.3) is 11.8 Å². The Morgan fingerprint density at radius 3 is 2.62 bits per heavy atom. The number of benzene rings is 1. The molecule has 1 atom stereocenters. The number of urea groups is 1. The zero-order valence-corrected chi connectivity index (χ0v) is 15.3. The van der Waals surface area contributed by atoms with Gasteiger partial charge in [-0.1, -0.05) is 36.7 Å². The van der Waals surface area contributed by atoms with Gasteiger partial charge in [-0.2, -0.15) is 0 Å². The minimum Gasteiger partial charge on any atom is -0.454 e. The van der Waals surface area contributed by atoms with Crippen molar-refractivity contribution in [2.75, 3.05) is 13.2 Å². The fraction of sp³-hybridized carbons (Fsp3) is 0.412. The Kier molecular flexibility index (Phi) is 6.20. The van der Waals surface area contributed by atoms with Gasteiger partial charge in [-0.3, -0.25) is 19.3 Å². The number of hydrogen-bond acceptors (Lipinski definition) is 5. The van der Waals surface area contributed by atoms with Crippen molar-refractivity contribution in [3.8, 4) is 0 Å². The molecule has 1 saturated heterocycles. The van der Waals surface area contributed by atoms with Gasteiger partial charge >= 0.3 is 12.0 Å². The maximum Gasteiger partial charge on any atom is 0.326 e. The van der Waals surface area contributed by atoms with Crippen LogP contribution in [0, 0.1) is 0 Å². The zero-order chi connectivity index (χ0) is 19.3. The first-order valence-electron chi connectivity index (χ1n) is 8.06. The number of carbonyl (C=O) groups excluding carboxylic acids is 4. The van der Waals surface area contributed by atoms with Crippen LogP contribution in [0.15, 0.2) is 24.3 Å². The maximum absolute atomic E-state index is 12.2. The molecule has 8 nitrogen and oxygen atoms in total. The summed E-state index contributed by atoms with van der Waals surface area (Å²) in [7, 11) is 0. The Morgan fingerprint density at radius 1 is 1.31 bits per heavy atom. The van der Waals surface area contributed by atoms with E-state index in [9.17, 15) is 19.2 Å². The molecule has 0 saturated carbocycles. The van der Waals surface area contributed by atoms with Crippen molar-refractivity contribution in [2.45, 2.75) is 32.4 Å². The van der Waals surface area contributed by atoms with Crippen molar-refractivity contribution in [3.63, 3.8) is 0 Å². The van der Waals surface area contributed by atoms with E-state index in [4.69, 9.17) is 16.3 Å². The first kappa shape index (κ1) is 19.7.